The molecule has 1 aromatic carbocycles. The molecule has 0 bridgehead atoms. The summed E-state index contributed by atoms with van der Waals surface area (Å²) in [5, 5.41) is 0. The molecule has 1 atom stereocenters. The number of hydrogen-bond donors (Lipinski definition) is 0. The average Bonchev–Trinajstić information content (AvgIpc) is 2.18. The van der Waals surface area contributed by atoms with Crippen LogP contribution < -0.4 is 0 Å². The van der Waals surface area contributed by atoms with E-state index >= 15 is 0 Å². The average molecular weight is 331 g/mol. The van der Waals surface area contributed by atoms with Gasteiger partial charge in [-0.25, -0.2) is 4.39 Å². The second-order valence-corrected chi connectivity index (χ2v) is 5.20. The number of carbonyl (C=O) groups excluding carboxylic acids is 1. The monoisotopic (exact) mass is 330 g/mol. The molecule has 7 heteroatoms. The smallest absolute Gasteiger partial charge is 0.298 e. The Labute approximate surface area is 108 Å². The number of alkyl halides is 4. The first-order chi connectivity index (χ1) is 7.72. The topological polar surface area (TPSA) is 17.1 Å². The highest BCUT2D eigenvalue weighted by atomic mass is 79.9. The molecule has 0 amide bonds. The van der Waals surface area contributed by atoms with Gasteiger partial charge in [0.05, 0.1) is 4.90 Å². The van der Waals surface area contributed by atoms with E-state index < -0.39 is 32.8 Å². The van der Waals surface area contributed by atoms with Gasteiger partial charge in [-0.1, -0.05) is 28.1 Å². The van der Waals surface area contributed by atoms with Crippen LogP contribution >= 0.6 is 27.7 Å². The Bertz CT molecular complexity index is 433. The minimum atomic E-state index is -4.56. The molecule has 0 aliphatic heterocycles. The minimum Gasteiger partial charge on any atom is -0.298 e. The van der Waals surface area contributed by atoms with Crippen LogP contribution in [0, 0.1) is 5.82 Å². The number of halogens is 5. The van der Waals surface area contributed by atoms with Crippen LogP contribution in [0.4, 0.5) is 17.6 Å². The third-order valence-corrected chi connectivity index (χ3v) is 3.75. The minimum absolute atomic E-state index is 0.0910. The van der Waals surface area contributed by atoms with Gasteiger partial charge in [0.25, 0.3) is 0 Å². The molecule has 0 heterocycles. The third-order valence-electron chi connectivity index (χ3n) is 1.85. The van der Waals surface area contributed by atoms with Crippen LogP contribution in [-0.2, 0) is 4.79 Å². The van der Waals surface area contributed by atoms with Crippen LogP contribution in [0.3, 0.4) is 0 Å². The maximum Gasteiger partial charge on any atom is 0.446 e. The van der Waals surface area contributed by atoms with Crippen LogP contribution in [0.15, 0.2) is 23.1 Å². The summed E-state index contributed by atoms with van der Waals surface area (Å²) in [6.07, 6.45) is 0. The van der Waals surface area contributed by atoms with Crippen molar-refractivity contribution < 1.29 is 22.4 Å². The predicted octanol–water partition coefficient (Wildman–Crippen LogP) is 4.46. The summed E-state index contributed by atoms with van der Waals surface area (Å²) in [7, 11) is 0. The van der Waals surface area contributed by atoms with Crippen LogP contribution in [-0.4, -0.2) is 11.3 Å². The third kappa shape index (κ3) is 3.99. The van der Waals surface area contributed by atoms with Crippen LogP contribution in [0.5, 0.6) is 0 Å². The lowest BCUT2D eigenvalue weighted by atomic mass is 10.1. The maximum atomic E-state index is 13.7. The van der Waals surface area contributed by atoms with E-state index in [9.17, 15) is 22.4 Å². The highest BCUT2D eigenvalue weighted by Crippen LogP contribution is 2.40. The lowest BCUT2D eigenvalue weighted by Crippen LogP contribution is -2.06. The lowest BCUT2D eigenvalue weighted by Gasteiger charge is -2.12. The quantitative estimate of drug-likeness (QED) is 0.462. The van der Waals surface area contributed by atoms with Gasteiger partial charge in [0, 0.05) is 5.56 Å². The molecule has 1 unspecified atom stereocenters. The van der Waals surface area contributed by atoms with Crippen molar-refractivity contribution in [3.63, 3.8) is 0 Å². The summed E-state index contributed by atoms with van der Waals surface area (Å²) in [5.41, 5.74) is -4.65. The predicted molar refractivity (Wildman–Crippen MR) is 60.7 cm³/mol. The van der Waals surface area contributed by atoms with Crippen LogP contribution in [0.25, 0.3) is 0 Å². The van der Waals surface area contributed by atoms with E-state index in [-0.39, 0.29) is 11.3 Å². The SMILES string of the molecule is CC(=O)C(Br)c1cccc(SC(F)(F)F)c1F. The number of ketones is 1. The summed E-state index contributed by atoms with van der Waals surface area (Å²) in [6, 6.07) is 3.58. The highest BCUT2D eigenvalue weighted by molar-refractivity contribution is 9.09. The Morgan fingerprint density at radius 1 is 1.41 bits per heavy atom. The van der Waals surface area contributed by atoms with Crippen molar-refractivity contribution in [2.75, 3.05) is 0 Å². The Morgan fingerprint density at radius 3 is 2.47 bits per heavy atom. The molecule has 0 radical (unpaired) electrons. The summed E-state index contributed by atoms with van der Waals surface area (Å²) in [6.45, 7) is 1.22. The molecule has 1 rings (SSSR count). The summed E-state index contributed by atoms with van der Waals surface area (Å²) >= 11 is 2.40. The molecule has 0 saturated heterocycles. The molecule has 1 nitrogen and oxygen atoms in total. The van der Waals surface area contributed by atoms with Gasteiger partial charge in [-0.05, 0) is 24.8 Å². The zero-order chi connectivity index (χ0) is 13.2. The fourth-order valence-corrected chi connectivity index (χ4v) is 2.10. The molecule has 0 aromatic heterocycles. The lowest BCUT2D eigenvalue weighted by molar-refractivity contribution is -0.116. The Hall–Kier alpha value is -0.560. The number of rotatable bonds is 3. The number of hydrogen-bond acceptors (Lipinski definition) is 2. The van der Waals surface area contributed by atoms with Gasteiger partial charge in [-0.15, -0.1) is 0 Å². The second-order valence-electron chi connectivity index (χ2n) is 3.18. The van der Waals surface area contributed by atoms with Crippen molar-refractivity contribution in [3.8, 4) is 0 Å². The van der Waals surface area contributed by atoms with Gasteiger partial charge in [-0.2, -0.15) is 13.2 Å². The fraction of sp³-hybridized carbons (Fsp3) is 0.300. The van der Waals surface area contributed by atoms with E-state index in [1.807, 2.05) is 0 Å². The van der Waals surface area contributed by atoms with Gasteiger partial charge in [0.2, 0.25) is 0 Å². The molecule has 0 spiro atoms. The standard InChI is InChI=1S/C10H7BrF4OS/c1-5(16)8(11)6-3-2-4-7(9(6)12)17-10(13,14)15/h2-4,8H,1H3. The van der Waals surface area contributed by atoms with Crippen LogP contribution in [0.1, 0.15) is 17.3 Å². The van der Waals surface area contributed by atoms with Crippen molar-refractivity contribution in [2.45, 2.75) is 22.2 Å². The van der Waals surface area contributed by atoms with Crippen molar-refractivity contribution in [1.82, 2.24) is 0 Å². The molecular formula is C10H7BrF4OS. The van der Waals surface area contributed by atoms with E-state index in [2.05, 4.69) is 15.9 Å². The van der Waals surface area contributed by atoms with E-state index in [1.54, 1.807) is 0 Å². The summed E-state index contributed by atoms with van der Waals surface area (Å²) in [4.78, 5) is 9.58. The van der Waals surface area contributed by atoms with Gasteiger partial charge in [-0.3, -0.25) is 4.79 Å². The van der Waals surface area contributed by atoms with Crippen molar-refractivity contribution in [1.29, 1.82) is 0 Å². The van der Waals surface area contributed by atoms with Crippen molar-refractivity contribution in [2.24, 2.45) is 0 Å². The van der Waals surface area contributed by atoms with Gasteiger partial charge in [0.1, 0.15) is 16.4 Å². The van der Waals surface area contributed by atoms with Gasteiger partial charge in [0.15, 0.2) is 0 Å². The Morgan fingerprint density at radius 2 is 2.00 bits per heavy atom. The summed E-state index contributed by atoms with van der Waals surface area (Å²) < 4.78 is 50.1. The maximum absolute atomic E-state index is 13.7. The van der Waals surface area contributed by atoms with E-state index in [1.165, 1.54) is 19.1 Å². The van der Waals surface area contributed by atoms with Crippen LogP contribution in [0.2, 0.25) is 0 Å². The molecule has 0 fully saturated rings. The van der Waals surface area contributed by atoms with E-state index in [0.29, 0.717) is 0 Å². The molecule has 0 N–H and O–H groups in total. The van der Waals surface area contributed by atoms with E-state index in [4.69, 9.17) is 0 Å². The molecule has 17 heavy (non-hydrogen) atoms. The molecule has 0 aliphatic carbocycles. The molecule has 0 aliphatic rings. The first kappa shape index (κ1) is 14.5. The van der Waals surface area contributed by atoms with Gasteiger partial charge < -0.3 is 0 Å². The normalized spacial score (nSPS) is 13.5. The Balaban J connectivity index is 3.12. The Kier molecular flexibility index (Phi) is 4.60. The number of Topliss-reactive ketones (excluding diaryl/α,β-unsaturated/α-hetero) is 1. The molecular weight excluding hydrogens is 324 g/mol. The largest absolute Gasteiger partial charge is 0.446 e. The van der Waals surface area contributed by atoms with Crippen molar-refractivity contribution in [3.05, 3.63) is 29.6 Å². The zero-order valence-electron chi connectivity index (χ0n) is 8.52. The first-order valence-corrected chi connectivity index (χ1v) is 6.14. The molecule has 94 valence electrons. The number of carbonyl (C=O) groups is 1. The van der Waals surface area contributed by atoms with Crippen molar-refractivity contribution >= 4 is 33.5 Å². The highest BCUT2D eigenvalue weighted by Gasteiger charge is 2.31. The summed E-state index contributed by atoms with van der Waals surface area (Å²) in [5.74, 6) is -1.40. The number of thioether (sulfide) groups is 1. The second kappa shape index (κ2) is 5.39. The van der Waals surface area contributed by atoms with E-state index in [0.717, 1.165) is 6.07 Å². The molecule has 0 saturated carbocycles. The number of benzene rings is 1. The fourth-order valence-electron chi connectivity index (χ4n) is 1.15. The molecule has 1 aromatic rings. The zero-order valence-corrected chi connectivity index (χ0v) is 10.9. The first-order valence-electron chi connectivity index (χ1n) is 4.41. The van der Waals surface area contributed by atoms with Gasteiger partial charge >= 0.3 is 5.51 Å².